The minimum Gasteiger partial charge on any atom is -0.392 e. The molecule has 21 heavy (non-hydrogen) atoms. The fourth-order valence-corrected chi connectivity index (χ4v) is 3.96. The largest absolute Gasteiger partial charge is 0.392 e. The van der Waals surface area contributed by atoms with Crippen molar-refractivity contribution < 1.29 is 17.9 Å². The summed E-state index contributed by atoms with van der Waals surface area (Å²) in [6.07, 6.45) is 2.64. The van der Waals surface area contributed by atoms with Crippen molar-refractivity contribution in [3.8, 4) is 0 Å². The fraction of sp³-hybridized carbons (Fsp3) is 0.538. The van der Waals surface area contributed by atoms with Crippen molar-refractivity contribution in [2.45, 2.75) is 30.9 Å². The van der Waals surface area contributed by atoms with Crippen LogP contribution < -0.4 is 0 Å². The molecule has 8 heteroatoms. The molecular weight excluding hydrogens is 337 g/mol. The Morgan fingerprint density at radius 1 is 1.48 bits per heavy atom. The van der Waals surface area contributed by atoms with Crippen LogP contribution in [0.3, 0.4) is 0 Å². The standard InChI is InChI=1S/C13H19ClFNO3S2/c1-9(4-5-20-3)16(2)21(18,19)11-6-10(8-17)13(14)12(15)7-11/h6-7,9,17H,4-5,8H2,1-3H3. The van der Waals surface area contributed by atoms with E-state index in [1.54, 1.807) is 18.7 Å². The molecule has 0 aliphatic heterocycles. The third-order valence-corrected chi connectivity index (χ3v) is 6.30. The van der Waals surface area contributed by atoms with Crippen LogP contribution in [0.15, 0.2) is 17.0 Å². The van der Waals surface area contributed by atoms with E-state index in [1.165, 1.54) is 17.4 Å². The Hall–Kier alpha value is -0.340. The Morgan fingerprint density at radius 3 is 2.62 bits per heavy atom. The number of benzene rings is 1. The average Bonchev–Trinajstić information content (AvgIpc) is 2.46. The van der Waals surface area contributed by atoms with Gasteiger partial charge in [0.15, 0.2) is 0 Å². The smallest absolute Gasteiger partial charge is 0.243 e. The topological polar surface area (TPSA) is 57.6 Å². The Morgan fingerprint density at radius 2 is 2.10 bits per heavy atom. The van der Waals surface area contributed by atoms with Crippen molar-refractivity contribution in [1.82, 2.24) is 4.31 Å². The van der Waals surface area contributed by atoms with E-state index in [0.29, 0.717) is 6.42 Å². The average molecular weight is 356 g/mol. The Bertz CT molecular complexity index is 595. The third kappa shape index (κ3) is 4.32. The summed E-state index contributed by atoms with van der Waals surface area (Å²) in [5.41, 5.74) is 0.0559. The molecular formula is C13H19ClFNO3S2. The number of hydrogen-bond acceptors (Lipinski definition) is 4. The van der Waals surface area contributed by atoms with Gasteiger partial charge in [-0.1, -0.05) is 11.6 Å². The molecule has 0 amide bonds. The van der Waals surface area contributed by atoms with Gasteiger partial charge in [0.05, 0.1) is 16.5 Å². The molecule has 0 spiro atoms. The molecule has 0 saturated carbocycles. The van der Waals surface area contributed by atoms with Crippen molar-refractivity contribution in [2.75, 3.05) is 19.1 Å². The van der Waals surface area contributed by atoms with Gasteiger partial charge in [-0.2, -0.15) is 16.1 Å². The summed E-state index contributed by atoms with van der Waals surface area (Å²) in [5, 5.41) is 8.88. The van der Waals surface area contributed by atoms with Gasteiger partial charge in [-0.3, -0.25) is 0 Å². The summed E-state index contributed by atoms with van der Waals surface area (Å²) in [7, 11) is -2.36. The van der Waals surface area contributed by atoms with Gasteiger partial charge in [0.2, 0.25) is 10.0 Å². The Kier molecular flexibility index (Phi) is 6.93. The maximum atomic E-state index is 13.7. The molecule has 1 unspecified atom stereocenters. The summed E-state index contributed by atoms with van der Waals surface area (Å²) in [6.45, 7) is 1.28. The van der Waals surface area contributed by atoms with E-state index in [4.69, 9.17) is 16.7 Å². The highest BCUT2D eigenvalue weighted by Crippen LogP contribution is 2.27. The van der Waals surface area contributed by atoms with Crippen LogP contribution in [0.2, 0.25) is 5.02 Å². The van der Waals surface area contributed by atoms with Crippen LogP contribution in [-0.2, 0) is 16.6 Å². The first-order chi connectivity index (χ1) is 9.75. The van der Waals surface area contributed by atoms with Crippen molar-refractivity contribution >= 4 is 33.4 Å². The zero-order chi connectivity index (χ0) is 16.2. The van der Waals surface area contributed by atoms with Crippen molar-refractivity contribution in [1.29, 1.82) is 0 Å². The van der Waals surface area contributed by atoms with Gasteiger partial charge < -0.3 is 5.11 Å². The van der Waals surface area contributed by atoms with Crippen LogP contribution in [0.25, 0.3) is 0 Å². The van der Waals surface area contributed by atoms with Crippen LogP contribution in [-0.4, -0.2) is 42.9 Å². The van der Waals surface area contributed by atoms with Crippen LogP contribution in [0, 0.1) is 5.82 Å². The predicted octanol–water partition coefficient (Wildman–Crippen LogP) is 2.73. The lowest BCUT2D eigenvalue weighted by Gasteiger charge is -2.24. The minimum atomic E-state index is -3.83. The zero-order valence-corrected chi connectivity index (χ0v) is 14.5. The highest BCUT2D eigenvalue weighted by Gasteiger charge is 2.27. The Labute approximate surface area is 134 Å². The van der Waals surface area contributed by atoms with E-state index >= 15 is 0 Å². The second-order valence-corrected chi connectivity index (χ2v) is 8.05. The van der Waals surface area contributed by atoms with Crippen molar-refractivity contribution in [3.63, 3.8) is 0 Å². The van der Waals surface area contributed by atoms with Gasteiger partial charge in [-0.25, -0.2) is 12.8 Å². The minimum absolute atomic E-state index is 0.0559. The maximum Gasteiger partial charge on any atom is 0.243 e. The molecule has 0 bridgehead atoms. The molecule has 120 valence electrons. The fourth-order valence-electron chi connectivity index (χ4n) is 1.76. The highest BCUT2D eigenvalue weighted by molar-refractivity contribution is 7.98. The lowest BCUT2D eigenvalue weighted by molar-refractivity contribution is 0.281. The number of thioether (sulfide) groups is 1. The number of aliphatic hydroxyl groups is 1. The first-order valence-corrected chi connectivity index (χ1v) is 9.52. The first kappa shape index (κ1) is 18.7. The Balaban J connectivity index is 3.16. The normalized spacial score (nSPS) is 13.7. The summed E-state index contributed by atoms with van der Waals surface area (Å²) in [4.78, 5) is -0.202. The first-order valence-electron chi connectivity index (χ1n) is 6.31. The summed E-state index contributed by atoms with van der Waals surface area (Å²) < 4.78 is 39.9. The number of aliphatic hydroxyl groups excluding tert-OH is 1. The zero-order valence-electron chi connectivity index (χ0n) is 12.1. The number of hydrogen-bond donors (Lipinski definition) is 1. The maximum absolute atomic E-state index is 13.7. The van der Waals surface area contributed by atoms with Crippen molar-refractivity contribution in [2.24, 2.45) is 0 Å². The third-order valence-electron chi connectivity index (χ3n) is 3.28. The quantitative estimate of drug-likeness (QED) is 0.817. The number of sulfonamides is 1. The molecule has 0 saturated heterocycles. The molecule has 0 fully saturated rings. The summed E-state index contributed by atoms with van der Waals surface area (Å²) >= 11 is 7.31. The van der Waals surface area contributed by atoms with Crippen LogP contribution in [0.1, 0.15) is 18.9 Å². The van der Waals surface area contributed by atoms with Gasteiger partial charge in [0.1, 0.15) is 5.82 Å². The van der Waals surface area contributed by atoms with Gasteiger partial charge in [-0.15, -0.1) is 0 Å². The van der Waals surface area contributed by atoms with E-state index in [-0.39, 0.29) is 21.5 Å². The molecule has 0 aliphatic carbocycles. The molecule has 1 aromatic rings. The lowest BCUT2D eigenvalue weighted by atomic mass is 10.2. The van der Waals surface area contributed by atoms with E-state index in [0.717, 1.165) is 11.8 Å². The van der Waals surface area contributed by atoms with Crippen LogP contribution >= 0.6 is 23.4 Å². The molecule has 1 N–H and O–H groups in total. The summed E-state index contributed by atoms with van der Waals surface area (Å²) in [5.74, 6) is -0.0234. The van der Waals surface area contributed by atoms with Gasteiger partial charge >= 0.3 is 0 Å². The SMILES string of the molecule is CSCCC(C)N(C)S(=O)(=O)c1cc(F)c(Cl)c(CO)c1. The second kappa shape index (κ2) is 7.78. The molecule has 0 aliphatic rings. The van der Waals surface area contributed by atoms with Crippen LogP contribution in [0.4, 0.5) is 4.39 Å². The van der Waals surface area contributed by atoms with Gasteiger partial charge in [0, 0.05) is 18.7 Å². The van der Waals surface area contributed by atoms with Crippen LogP contribution in [0.5, 0.6) is 0 Å². The van der Waals surface area contributed by atoms with Gasteiger partial charge in [0.25, 0.3) is 0 Å². The molecule has 0 radical (unpaired) electrons. The molecule has 1 rings (SSSR count). The number of nitrogens with zero attached hydrogens (tertiary/aromatic N) is 1. The monoisotopic (exact) mass is 355 g/mol. The van der Waals surface area contributed by atoms with Gasteiger partial charge in [-0.05, 0) is 37.5 Å². The van der Waals surface area contributed by atoms with Crippen molar-refractivity contribution in [3.05, 3.63) is 28.5 Å². The molecule has 0 aromatic heterocycles. The van der Waals surface area contributed by atoms with E-state index in [2.05, 4.69) is 0 Å². The summed E-state index contributed by atoms with van der Waals surface area (Å²) in [6, 6.07) is 1.88. The highest BCUT2D eigenvalue weighted by atomic mass is 35.5. The molecule has 4 nitrogen and oxygen atoms in total. The lowest BCUT2D eigenvalue weighted by Crippen LogP contribution is -2.35. The van der Waals surface area contributed by atoms with E-state index < -0.39 is 22.4 Å². The second-order valence-electron chi connectivity index (χ2n) is 4.69. The molecule has 1 atom stereocenters. The molecule has 1 aromatic carbocycles. The molecule has 0 heterocycles. The number of halogens is 2. The van der Waals surface area contributed by atoms with E-state index in [1.807, 2.05) is 6.26 Å². The number of rotatable bonds is 7. The predicted molar refractivity (Wildman–Crippen MR) is 84.7 cm³/mol. The van der Waals surface area contributed by atoms with E-state index in [9.17, 15) is 12.8 Å².